The largest absolute Gasteiger partial charge is 0.458 e. The second kappa shape index (κ2) is 6.01. The molecule has 0 spiro atoms. The van der Waals surface area contributed by atoms with Gasteiger partial charge in [-0.25, -0.2) is 14.2 Å². The minimum Gasteiger partial charge on any atom is -0.458 e. The van der Waals surface area contributed by atoms with Gasteiger partial charge in [0, 0.05) is 22.6 Å². The number of benzene rings is 1. The Balaban J connectivity index is 1.69. The average molecular weight is 420 g/mol. The molecule has 0 fully saturated rings. The van der Waals surface area contributed by atoms with Crippen LogP contribution in [-0.2, 0) is 34.7 Å². The number of carbonyl (C=O) groups is 1. The van der Waals surface area contributed by atoms with Crippen molar-refractivity contribution in [3.63, 3.8) is 0 Å². The molecule has 1 N–H and O–H groups in total. The molecule has 1 aromatic carbocycles. The van der Waals surface area contributed by atoms with Crippen molar-refractivity contribution >= 4 is 16.9 Å². The van der Waals surface area contributed by atoms with Crippen molar-refractivity contribution in [1.29, 1.82) is 0 Å². The Morgan fingerprint density at radius 3 is 2.87 bits per heavy atom. The molecule has 6 nitrogen and oxygen atoms in total. The lowest BCUT2D eigenvalue weighted by molar-refractivity contribution is -0.172. The van der Waals surface area contributed by atoms with Gasteiger partial charge in [0.1, 0.15) is 12.4 Å². The number of cyclic esters (lactones) is 1. The van der Waals surface area contributed by atoms with E-state index in [1.165, 1.54) is 6.07 Å². The van der Waals surface area contributed by atoms with Gasteiger partial charge in [0.25, 0.3) is 5.56 Å². The second-order valence-electron chi connectivity index (χ2n) is 8.85. The lowest BCUT2D eigenvalue weighted by atomic mass is 9.80. The molecule has 0 bridgehead atoms. The minimum atomic E-state index is -1.86. The molecule has 2 aliphatic heterocycles. The van der Waals surface area contributed by atoms with Crippen LogP contribution in [0, 0.1) is 5.82 Å². The van der Waals surface area contributed by atoms with Crippen LogP contribution in [0.25, 0.3) is 22.3 Å². The third-order valence-corrected chi connectivity index (χ3v) is 7.22. The number of aromatic nitrogens is 2. The molecule has 4 heterocycles. The van der Waals surface area contributed by atoms with Gasteiger partial charge in [-0.05, 0) is 48.4 Å². The molecule has 1 aliphatic carbocycles. The molecule has 6 rings (SSSR count). The SMILES string of the molecule is CC[C@@]1(O)C(=O)OCc2c1cc1n(c2=O)Cc2c-1nc1cc(F)cc3c1c2C(C)CC3. The number of ether oxygens (including phenoxy) is 1. The first-order valence-corrected chi connectivity index (χ1v) is 10.7. The number of aliphatic hydroxyl groups is 1. The van der Waals surface area contributed by atoms with Gasteiger partial charge in [-0.15, -0.1) is 0 Å². The smallest absolute Gasteiger partial charge is 0.343 e. The fourth-order valence-corrected chi connectivity index (χ4v) is 5.55. The van der Waals surface area contributed by atoms with Gasteiger partial charge in [0.2, 0.25) is 0 Å². The molecule has 0 saturated carbocycles. The van der Waals surface area contributed by atoms with Crippen molar-refractivity contribution in [1.82, 2.24) is 9.55 Å². The van der Waals surface area contributed by atoms with Crippen LogP contribution in [0.2, 0.25) is 0 Å². The molecule has 31 heavy (non-hydrogen) atoms. The van der Waals surface area contributed by atoms with E-state index in [0.717, 1.165) is 34.9 Å². The van der Waals surface area contributed by atoms with Crippen molar-refractivity contribution in [3.8, 4) is 11.4 Å². The first-order chi connectivity index (χ1) is 14.8. The summed E-state index contributed by atoms with van der Waals surface area (Å²) in [7, 11) is 0. The van der Waals surface area contributed by atoms with Gasteiger partial charge in [0.15, 0.2) is 5.60 Å². The summed E-state index contributed by atoms with van der Waals surface area (Å²) in [6.45, 7) is 4.05. The number of hydrogen-bond donors (Lipinski definition) is 1. The summed E-state index contributed by atoms with van der Waals surface area (Å²) in [6.07, 6.45) is 1.80. The maximum atomic E-state index is 14.3. The molecule has 3 aromatic rings. The number of pyridine rings is 2. The van der Waals surface area contributed by atoms with Crippen LogP contribution in [0.1, 0.15) is 60.4 Å². The Morgan fingerprint density at radius 2 is 2.10 bits per heavy atom. The molecular weight excluding hydrogens is 399 g/mol. The summed E-state index contributed by atoms with van der Waals surface area (Å²) >= 11 is 0. The van der Waals surface area contributed by atoms with Crippen LogP contribution in [0.15, 0.2) is 23.0 Å². The number of rotatable bonds is 1. The van der Waals surface area contributed by atoms with Crippen LogP contribution in [0.4, 0.5) is 4.39 Å². The van der Waals surface area contributed by atoms with Gasteiger partial charge in [-0.2, -0.15) is 0 Å². The summed E-state index contributed by atoms with van der Waals surface area (Å²) in [5.41, 5.74) is 3.28. The van der Waals surface area contributed by atoms with Crippen LogP contribution in [0.3, 0.4) is 0 Å². The quantitative estimate of drug-likeness (QED) is 0.478. The molecule has 0 saturated heterocycles. The van der Waals surface area contributed by atoms with Crippen LogP contribution in [0.5, 0.6) is 0 Å². The zero-order chi connectivity index (χ0) is 21.7. The summed E-state index contributed by atoms with van der Waals surface area (Å²) in [5.74, 6) is -0.805. The average Bonchev–Trinajstić information content (AvgIpc) is 3.11. The number of hydrogen-bond acceptors (Lipinski definition) is 5. The Hall–Kier alpha value is -3.06. The normalized spacial score (nSPS) is 23.4. The fourth-order valence-electron chi connectivity index (χ4n) is 5.55. The lowest BCUT2D eigenvalue weighted by Crippen LogP contribution is -2.44. The van der Waals surface area contributed by atoms with E-state index in [1.54, 1.807) is 23.6 Å². The number of nitrogens with zero attached hydrogens (tertiary/aromatic N) is 2. The van der Waals surface area contributed by atoms with Crippen LogP contribution >= 0.6 is 0 Å². The van der Waals surface area contributed by atoms with Gasteiger partial charge >= 0.3 is 5.97 Å². The first-order valence-electron chi connectivity index (χ1n) is 10.7. The number of fused-ring (bicyclic) bond motifs is 5. The Kier molecular flexibility index (Phi) is 3.62. The van der Waals surface area contributed by atoms with E-state index in [1.807, 2.05) is 0 Å². The van der Waals surface area contributed by atoms with Gasteiger partial charge in [-0.1, -0.05) is 13.8 Å². The van der Waals surface area contributed by atoms with Crippen molar-refractivity contribution < 1.29 is 19.0 Å². The second-order valence-corrected chi connectivity index (χ2v) is 8.85. The molecule has 0 radical (unpaired) electrons. The summed E-state index contributed by atoms with van der Waals surface area (Å²) in [4.78, 5) is 30.5. The van der Waals surface area contributed by atoms with Crippen molar-refractivity contribution in [3.05, 3.63) is 62.2 Å². The van der Waals surface area contributed by atoms with Gasteiger partial charge in [-0.3, -0.25) is 4.79 Å². The van der Waals surface area contributed by atoms with Crippen molar-refractivity contribution in [2.75, 3.05) is 0 Å². The Morgan fingerprint density at radius 1 is 1.29 bits per heavy atom. The molecule has 1 unspecified atom stereocenters. The van der Waals surface area contributed by atoms with Gasteiger partial charge in [0.05, 0.1) is 29.0 Å². The number of carbonyl (C=O) groups excluding carboxylic acids is 1. The predicted molar refractivity (Wildman–Crippen MR) is 111 cm³/mol. The topological polar surface area (TPSA) is 81.4 Å². The maximum absolute atomic E-state index is 14.3. The third-order valence-electron chi connectivity index (χ3n) is 7.22. The van der Waals surface area contributed by atoms with E-state index < -0.39 is 11.6 Å². The first kappa shape index (κ1) is 18.7. The standard InChI is InChI=1S/C24H21FN2O4/c1-3-24(30)16-8-18-21-14(9-27(18)22(28)15(16)10-31-23(24)29)19-11(2)4-5-12-6-13(25)7-17(26-21)20(12)19/h6-8,11,30H,3-5,9-10H2,1-2H3/t11?,24-/m0/s1. The van der Waals surface area contributed by atoms with Crippen molar-refractivity contribution in [2.24, 2.45) is 0 Å². The van der Waals surface area contributed by atoms with E-state index in [4.69, 9.17) is 9.72 Å². The highest BCUT2D eigenvalue weighted by Gasteiger charge is 2.45. The highest BCUT2D eigenvalue weighted by atomic mass is 19.1. The molecule has 2 atom stereocenters. The van der Waals surface area contributed by atoms with E-state index in [-0.39, 0.29) is 30.3 Å². The number of esters is 1. The Bertz CT molecular complexity index is 1390. The monoisotopic (exact) mass is 420 g/mol. The molecule has 158 valence electrons. The lowest BCUT2D eigenvalue weighted by Gasteiger charge is -2.31. The van der Waals surface area contributed by atoms with E-state index in [9.17, 15) is 19.1 Å². The summed E-state index contributed by atoms with van der Waals surface area (Å²) < 4.78 is 21.1. The number of aryl methyl sites for hydroxylation is 1. The highest BCUT2D eigenvalue weighted by Crippen LogP contribution is 2.45. The van der Waals surface area contributed by atoms with Crippen LogP contribution < -0.4 is 5.56 Å². The summed E-state index contributed by atoms with van der Waals surface area (Å²) in [6, 6.07) is 4.73. The molecule has 7 heteroatoms. The van der Waals surface area contributed by atoms with Crippen molar-refractivity contribution in [2.45, 2.75) is 57.8 Å². The highest BCUT2D eigenvalue weighted by molar-refractivity contribution is 5.92. The molecule has 2 aromatic heterocycles. The van der Waals surface area contributed by atoms with Gasteiger partial charge < -0.3 is 14.4 Å². The fraction of sp³-hybridized carbons (Fsp3) is 0.375. The third kappa shape index (κ3) is 2.27. The molecular formula is C24H21FN2O4. The zero-order valence-electron chi connectivity index (χ0n) is 17.3. The molecule has 0 amide bonds. The van der Waals surface area contributed by atoms with E-state index in [0.29, 0.717) is 34.6 Å². The zero-order valence-corrected chi connectivity index (χ0v) is 17.3. The van der Waals surface area contributed by atoms with Crippen LogP contribution in [-0.4, -0.2) is 20.6 Å². The summed E-state index contributed by atoms with van der Waals surface area (Å²) in [5, 5.41) is 12.0. The predicted octanol–water partition coefficient (Wildman–Crippen LogP) is 3.27. The van der Waals surface area contributed by atoms with E-state index >= 15 is 0 Å². The van der Waals surface area contributed by atoms with E-state index in [2.05, 4.69) is 6.92 Å². The number of halogens is 1. The minimum absolute atomic E-state index is 0.0938. The maximum Gasteiger partial charge on any atom is 0.343 e. The Labute approximate surface area is 177 Å². The molecule has 3 aliphatic rings.